The quantitative estimate of drug-likeness (QED) is 0.0308. The van der Waals surface area contributed by atoms with Crippen LogP contribution in [0.2, 0.25) is 0 Å². The van der Waals surface area contributed by atoms with Crippen LogP contribution in [0, 0.1) is 0 Å². The second-order valence-corrected chi connectivity index (χ2v) is 20.3. The third-order valence-corrected chi connectivity index (χ3v) is 13.7. The Kier molecular flexibility index (Phi) is 53.8. The van der Waals surface area contributed by atoms with Gasteiger partial charge in [-0.2, -0.15) is 0 Å². The molecule has 0 heterocycles. The predicted octanol–water partition coefficient (Wildman–Crippen LogP) is 17.4. The van der Waals surface area contributed by atoms with E-state index in [1.54, 1.807) is 0 Å². The fourth-order valence-electron chi connectivity index (χ4n) is 9.08. The highest BCUT2D eigenvalue weighted by Crippen LogP contribution is 2.17. The van der Waals surface area contributed by atoms with Gasteiger partial charge in [0.1, 0.15) is 12.2 Å². The summed E-state index contributed by atoms with van der Waals surface area (Å²) in [6.07, 6.45) is 70.4. The van der Waals surface area contributed by atoms with E-state index in [1.165, 1.54) is 218 Å². The highest BCUT2D eigenvalue weighted by atomic mass is 16.3. The molecule has 0 aliphatic rings. The third-order valence-electron chi connectivity index (χ3n) is 13.7. The topological polar surface area (TPSA) is 110 Å². The minimum absolute atomic E-state index is 0.356. The number of rotatable bonds is 54. The van der Waals surface area contributed by atoms with Gasteiger partial charge in [-0.3, -0.25) is 4.79 Å². The lowest BCUT2D eigenvalue weighted by molar-refractivity contribution is -0.132. The Morgan fingerprint density at radius 1 is 0.358 bits per heavy atom. The fourth-order valence-corrected chi connectivity index (χ4v) is 9.08. The molecule has 1 amide bonds. The van der Waals surface area contributed by atoms with Crippen molar-refractivity contribution in [2.75, 3.05) is 6.61 Å². The van der Waals surface area contributed by atoms with Crippen molar-refractivity contribution < 1.29 is 25.2 Å². The summed E-state index contributed by atoms with van der Waals surface area (Å²) in [4.78, 5) is 12.6. The lowest BCUT2D eigenvalue weighted by Gasteiger charge is -2.27. The summed E-state index contributed by atoms with van der Waals surface area (Å²) in [6.45, 7) is 4.07. The molecule has 0 aromatic rings. The van der Waals surface area contributed by atoms with Gasteiger partial charge in [-0.1, -0.05) is 262 Å². The molecule has 5 N–H and O–H groups in total. The number of aliphatic hydroxyl groups excluding tert-OH is 4. The van der Waals surface area contributed by atoms with Crippen LogP contribution in [0.1, 0.15) is 303 Å². The SMILES string of the molecule is CCCCCCCCCCCCCC/C=C\CCCCCCCCCCCC(O)C(=O)NC(CO)C(O)C(O)CCC/C=C/CC/C=C/CC/C=C/CCCCCCCCCCCCCCC. The molecule has 0 aromatic heterocycles. The molecule has 0 saturated carbocycles. The van der Waals surface area contributed by atoms with E-state index in [0.717, 1.165) is 51.4 Å². The largest absolute Gasteiger partial charge is 0.394 e. The first-order chi connectivity index (χ1) is 33.0. The summed E-state index contributed by atoms with van der Waals surface area (Å²) in [7, 11) is 0. The van der Waals surface area contributed by atoms with Crippen molar-refractivity contribution in [2.24, 2.45) is 0 Å². The number of nitrogens with one attached hydrogen (secondary N) is 1. The summed E-state index contributed by atoms with van der Waals surface area (Å²) in [5.41, 5.74) is 0. The molecule has 0 saturated heterocycles. The van der Waals surface area contributed by atoms with Gasteiger partial charge in [-0.25, -0.2) is 0 Å². The van der Waals surface area contributed by atoms with E-state index in [9.17, 15) is 25.2 Å². The molecular weight excluding hydrogens is 827 g/mol. The Morgan fingerprint density at radius 3 is 0.940 bits per heavy atom. The van der Waals surface area contributed by atoms with Gasteiger partial charge in [0.15, 0.2) is 0 Å². The summed E-state index contributed by atoms with van der Waals surface area (Å²) < 4.78 is 0. The Labute approximate surface area is 417 Å². The zero-order valence-electron chi connectivity index (χ0n) is 44.7. The highest BCUT2D eigenvalue weighted by molar-refractivity contribution is 5.80. The first kappa shape index (κ1) is 65.3. The zero-order valence-corrected chi connectivity index (χ0v) is 44.7. The molecule has 394 valence electrons. The number of unbranched alkanes of at least 4 members (excludes halogenated alkanes) is 37. The summed E-state index contributed by atoms with van der Waals surface area (Å²) in [5, 5.41) is 44.0. The maximum atomic E-state index is 12.6. The third kappa shape index (κ3) is 49.1. The number of amides is 1. The molecule has 6 heteroatoms. The maximum absolute atomic E-state index is 12.6. The van der Waals surface area contributed by atoms with E-state index in [-0.39, 0.29) is 0 Å². The van der Waals surface area contributed by atoms with E-state index in [2.05, 4.69) is 67.8 Å². The van der Waals surface area contributed by atoms with Crippen LogP contribution >= 0.6 is 0 Å². The van der Waals surface area contributed by atoms with Gasteiger partial charge >= 0.3 is 0 Å². The molecule has 0 rings (SSSR count). The molecular formula is C61H115NO5. The summed E-state index contributed by atoms with van der Waals surface area (Å²) in [6, 6.07) is -1.01. The molecule has 0 aliphatic heterocycles. The lowest BCUT2D eigenvalue weighted by Crippen LogP contribution is -2.53. The second kappa shape index (κ2) is 55.2. The average molecular weight is 943 g/mol. The molecule has 0 radical (unpaired) electrons. The van der Waals surface area contributed by atoms with Gasteiger partial charge in [-0.15, -0.1) is 0 Å². The van der Waals surface area contributed by atoms with Gasteiger partial charge in [0, 0.05) is 0 Å². The van der Waals surface area contributed by atoms with E-state index in [4.69, 9.17) is 0 Å². The maximum Gasteiger partial charge on any atom is 0.249 e. The molecule has 0 aromatic carbocycles. The van der Waals surface area contributed by atoms with Crippen LogP contribution < -0.4 is 5.32 Å². The van der Waals surface area contributed by atoms with Crippen LogP contribution in [0.5, 0.6) is 0 Å². The molecule has 0 spiro atoms. The summed E-state index contributed by atoms with van der Waals surface area (Å²) in [5.74, 6) is -0.599. The number of carbonyl (C=O) groups is 1. The first-order valence-electron chi connectivity index (χ1n) is 29.5. The van der Waals surface area contributed by atoms with Crippen LogP contribution in [0.3, 0.4) is 0 Å². The van der Waals surface area contributed by atoms with Crippen molar-refractivity contribution >= 4 is 5.91 Å². The Hall–Kier alpha value is -1.73. The fraction of sp³-hybridized carbons (Fsp3) is 0.852. The van der Waals surface area contributed by atoms with Crippen LogP contribution in [0.4, 0.5) is 0 Å². The first-order valence-corrected chi connectivity index (χ1v) is 29.5. The molecule has 0 aliphatic carbocycles. The highest BCUT2D eigenvalue weighted by Gasteiger charge is 2.28. The van der Waals surface area contributed by atoms with Crippen molar-refractivity contribution in [3.63, 3.8) is 0 Å². The number of aliphatic hydroxyl groups is 4. The molecule has 67 heavy (non-hydrogen) atoms. The van der Waals surface area contributed by atoms with Crippen molar-refractivity contribution in [3.05, 3.63) is 48.6 Å². The van der Waals surface area contributed by atoms with Crippen LogP contribution in [0.15, 0.2) is 48.6 Å². The van der Waals surface area contributed by atoms with Crippen LogP contribution in [-0.4, -0.2) is 57.3 Å². The molecule has 0 bridgehead atoms. The van der Waals surface area contributed by atoms with Crippen molar-refractivity contribution in [1.29, 1.82) is 0 Å². The van der Waals surface area contributed by atoms with E-state index < -0.39 is 36.9 Å². The standard InChI is InChI=1S/C61H115NO5/c1-3-5-7-9-11-13-15-17-19-21-23-25-27-29-31-32-34-36-38-40-42-44-46-48-50-52-54-58(64)60(66)57(56-63)62-61(67)59(65)55-53-51-49-47-45-43-41-39-37-35-33-30-28-26-24-22-20-18-16-14-12-10-8-6-4-2/h30-33,38,40,46,48,57-60,63-66H,3-29,34-37,39,41-45,47,49-56H2,1-2H3,(H,62,67)/b32-31+,33-30-,40-38+,48-46+. The zero-order chi connectivity index (χ0) is 48.8. The van der Waals surface area contributed by atoms with Crippen molar-refractivity contribution in [2.45, 2.75) is 327 Å². The van der Waals surface area contributed by atoms with Crippen molar-refractivity contribution in [1.82, 2.24) is 5.32 Å². The minimum atomic E-state index is -1.30. The van der Waals surface area contributed by atoms with Gasteiger partial charge in [0.05, 0.1) is 18.8 Å². The molecule has 0 fully saturated rings. The van der Waals surface area contributed by atoms with Gasteiger partial charge in [0.25, 0.3) is 0 Å². The molecule has 6 nitrogen and oxygen atoms in total. The van der Waals surface area contributed by atoms with E-state index in [0.29, 0.717) is 19.3 Å². The molecule has 4 unspecified atom stereocenters. The Balaban J connectivity index is 3.70. The second-order valence-electron chi connectivity index (χ2n) is 20.3. The van der Waals surface area contributed by atoms with Crippen molar-refractivity contribution in [3.8, 4) is 0 Å². The smallest absolute Gasteiger partial charge is 0.249 e. The van der Waals surface area contributed by atoms with Crippen LogP contribution in [-0.2, 0) is 4.79 Å². The number of hydrogen-bond donors (Lipinski definition) is 5. The number of carbonyl (C=O) groups excluding carboxylic acids is 1. The Morgan fingerprint density at radius 2 is 0.627 bits per heavy atom. The van der Waals surface area contributed by atoms with E-state index in [1.807, 2.05) is 0 Å². The van der Waals surface area contributed by atoms with Crippen LogP contribution in [0.25, 0.3) is 0 Å². The lowest BCUT2D eigenvalue weighted by atomic mass is 10.00. The van der Waals surface area contributed by atoms with E-state index >= 15 is 0 Å². The van der Waals surface area contributed by atoms with Gasteiger partial charge < -0.3 is 25.7 Å². The number of allylic oxidation sites excluding steroid dienone is 8. The average Bonchev–Trinajstić information content (AvgIpc) is 3.33. The monoisotopic (exact) mass is 942 g/mol. The number of hydrogen-bond acceptors (Lipinski definition) is 5. The normalized spacial score (nSPS) is 14.1. The predicted molar refractivity (Wildman–Crippen MR) is 293 cm³/mol. The Bertz CT molecular complexity index is 1100. The molecule has 4 atom stereocenters. The van der Waals surface area contributed by atoms with Gasteiger partial charge in [0.2, 0.25) is 5.91 Å². The minimum Gasteiger partial charge on any atom is -0.394 e. The summed E-state index contributed by atoms with van der Waals surface area (Å²) >= 11 is 0. The van der Waals surface area contributed by atoms with Gasteiger partial charge in [-0.05, 0) is 89.9 Å².